The van der Waals surface area contributed by atoms with E-state index in [-0.39, 0.29) is 5.41 Å². The molecule has 4 rings (SSSR count). The molecule has 0 amide bonds. The zero-order chi connectivity index (χ0) is 19.9. The van der Waals surface area contributed by atoms with Gasteiger partial charge in [0.25, 0.3) is 0 Å². The van der Waals surface area contributed by atoms with Crippen molar-refractivity contribution in [1.29, 1.82) is 0 Å². The molecule has 4 nitrogen and oxygen atoms in total. The van der Waals surface area contributed by atoms with Gasteiger partial charge in [0.05, 0.1) is 22.6 Å². The van der Waals surface area contributed by atoms with Gasteiger partial charge in [0.2, 0.25) is 0 Å². The lowest BCUT2D eigenvalue weighted by atomic mass is 9.79. The van der Waals surface area contributed by atoms with Gasteiger partial charge in [-0.3, -0.25) is 4.98 Å². The fourth-order valence-corrected chi connectivity index (χ4v) is 4.22. The van der Waals surface area contributed by atoms with Crippen molar-refractivity contribution in [3.8, 4) is 0 Å². The first-order chi connectivity index (χ1) is 13.4. The fraction of sp³-hybridized carbons (Fsp3) is 0.375. The van der Waals surface area contributed by atoms with E-state index < -0.39 is 0 Å². The van der Waals surface area contributed by atoms with Crippen LogP contribution in [0.15, 0.2) is 42.5 Å². The average molecular weight is 375 g/mol. The second kappa shape index (κ2) is 7.10. The van der Waals surface area contributed by atoms with Crippen LogP contribution in [0, 0.1) is 5.41 Å². The predicted octanol–water partition coefficient (Wildman–Crippen LogP) is 5.26. The highest BCUT2D eigenvalue weighted by Crippen LogP contribution is 2.40. The van der Waals surface area contributed by atoms with Crippen molar-refractivity contribution < 1.29 is 0 Å². The highest BCUT2D eigenvalue weighted by molar-refractivity contribution is 6.11. The lowest BCUT2D eigenvalue weighted by Gasteiger charge is -2.30. The van der Waals surface area contributed by atoms with Gasteiger partial charge >= 0.3 is 0 Å². The Kier molecular flexibility index (Phi) is 4.76. The van der Waals surface area contributed by atoms with Crippen LogP contribution in [0.4, 0.5) is 0 Å². The molecule has 0 spiro atoms. The van der Waals surface area contributed by atoms with Crippen LogP contribution < -0.4 is 10.9 Å². The lowest BCUT2D eigenvalue weighted by molar-refractivity contribution is 0.460. The molecule has 0 atom stereocenters. The van der Waals surface area contributed by atoms with Gasteiger partial charge in [0, 0.05) is 28.4 Å². The van der Waals surface area contributed by atoms with Crippen molar-refractivity contribution in [2.45, 2.75) is 47.0 Å². The summed E-state index contributed by atoms with van der Waals surface area (Å²) in [6.07, 6.45) is 5.35. The smallest absolute Gasteiger partial charge is 0.0596 e. The van der Waals surface area contributed by atoms with E-state index in [0.29, 0.717) is 0 Å². The number of hydrogen-bond donors (Lipinski definition) is 3. The first-order valence-electron chi connectivity index (χ1n) is 10.2. The van der Waals surface area contributed by atoms with Crippen molar-refractivity contribution in [2.24, 2.45) is 5.41 Å². The van der Waals surface area contributed by atoms with Crippen LogP contribution in [0.2, 0.25) is 0 Å². The largest absolute Gasteiger partial charge is 0.354 e. The molecule has 0 aliphatic heterocycles. The summed E-state index contributed by atoms with van der Waals surface area (Å²) in [6.45, 7) is 13.5. The Balaban J connectivity index is 1.95. The number of fused-ring (bicyclic) bond motifs is 5. The Morgan fingerprint density at radius 1 is 1.29 bits per heavy atom. The molecule has 0 unspecified atom stereocenters. The number of nitrogens with zero attached hydrogens (tertiary/aromatic N) is 1. The zero-order valence-electron chi connectivity index (χ0n) is 17.4. The maximum atomic E-state index is 5.20. The summed E-state index contributed by atoms with van der Waals surface area (Å²) in [7, 11) is 0. The standard InChI is InChI=1S/C24H30N4/c1-6-9-18-21-16-10-7-8-11-17(16)27-23(21)22-19(26-18)12-24(4,5)13-20(22)28-25-14-15(2)3/h7-8,10-11,13,25,27-28H,2,6,9,12,14H2,1,3-5H3. The third-order valence-corrected chi connectivity index (χ3v) is 5.33. The molecule has 28 heavy (non-hydrogen) atoms. The summed E-state index contributed by atoms with van der Waals surface area (Å²) >= 11 is 0. The molecule has 0 saturated carbocycles. The Bertz CT molecular complexity index is 1080. The van der Waals surface area contributed by atoms with E-state index in [1.54, 1.807) is 0 Å². The third-order valence-electron chi connectivity index (χ3n) is 5.33. The number of aromatic amines is 1. The minimum Gasteiger partial charge on any atom is -0.354 e. The topological polar surface area (TPSA) is 52.7 Å². The summed E-state index contributed by atoms with van der Waals surface area (Å²) in [5.41, 5.74) is 14.9. The highest BCUT2D eigenvalue weighted by atomic mass is 15.4. The van der Waals surface area contributed by atoms with Crippen molar-refractivity contribution >= 4 is 27.5 Å². The molecule has 0 saturated heterocycles. The minimum absolute atomic E-state index is 0.0520. The van der Waals surface area contributed by atoms with Gasteiger partial charge in [-0.15, -0.1) is 0 Å². The maximum absolute atomic E-state index is 5.20. The monoisotopic (exact) mass is 374 g/mol. The Labute approximate surface area is 167 Å². The molecule has 3 aromatic rings. The summed E-state index contributed by atoms with van der Waals surface area (Å²) in [5, 5.41) is 2.53. The first kappa shape index (κ1) is 18.8. The summed E-state index contributed by atoms with van der Waals surface area (Å²) in [4.78, 5) is 8.89. The Morgan fingerprint density at radius 2 is 2.07 bits per heavy atom. The van der Waals surface area contributed by atoms with Crippen molar-refractivity contribution in [2.75, 3.05) is 6.54 Å². The van der Waals surface area contributed by atoms with Gasteiger partial charge in [-0.2, -0.15) is 0 Å². The Hall–Kier alpha value is -2.59. The number of allylic oxidation sites excluding steroid dienone is 1. The van der Waals surface area contributed by atoms with Crippen LogP contribution in [0.5, 0.6) is 0 Å². The number of aromatic nitrogens is 2. The van der Waals surface area contributed by atoms with Crippen LogP contribution in [0.3, 0.4) is 0 Å². The van der Waals surface area contributed by atoms with E-state index in [4.69, 9.17) is 4.98 Å². The SMILES string of the molecule is C=C(C)CNNC1=CC(C)(C)Cc2nc(CCC)c3c([nH]c4ccccc43)c21. The zero-order valence-corrected chi connectivity index (χ0v) is 17.4. The second-order valence-corrected chi connectivity index (χ2v) is 8.71. The molecule has 0 bridgehead atoms. The van der Waals surface area contributed by atoms with Crippen LogP contribution in [0.25, 0.3) is 27.5 Å². The van der Waals surface area contributed by atoms with E-state index in [1.165, 1.54) is 38.8 Å². The molecule has 0 fully saturated rings. The summed E-state index contributed by atoms with van der Waals surface area (Å²) < 4.78 is 0. The molecule has 3 N–H and O–H groups in total. The van der Waals surface area contributed by atoms with Gasteiger partial charge in [-0.1, -0.05) is 63.6 Å². The van der Waals surface area contributed by atoms with Crippen LogP contribution >= 0.6 is 0 Å². The van der Waals surface area contributed by atoms with E-state index in [1.807, 2.05) is 6.92 Å². The normalized spacial score (nSPS) is 15.5. The van der Waals surface area contributed by atoms with Gasteiger partial charge in [-0.05, 0) is 31.2 Å². The number of nitrogens with one attached hydrogen (secondary N) is 3. The minimum atomic E-state index is 0.0520. The first-order valence-corrected chi connectivity index (χ1v) is 10.2. The average Bonchev–Trinajstić information content (AvgIpc) is 2.99. The van der Waals surface area contributed by atoms with Gasteiger partial charge < -0.3 is 10.4 Å². The molecule has 1 aromatic carbocycles. The molecule has 1 aliphatic rings. The number of benzene rings is 1. The van der Waals surface area contributed by atoms with Crippen LogP contribution in [-0.4, -0.2) is 16.5 Å². The van der Waals surface area contributed by atoms with Crippen LogP contribution in [-0.2, 0) is 12.8 Å². The van der Waals surface area contributed by atoms with E-state index in [0.717, 1.165) is 37.1 Å². The number of rotatable bonds is 6. The molecule has 2 heterocycles. The number of hydrogen-bond acceptors (Lipinski definition) is 3. The number of para-hydroxylation sites is 1. The van der Waals surface area contributed by atoms with E-state index in [2.05, 4.69) is 73.5 Å². The predicted molar refractivity (Wildman–Crippen MR) is 119 cm³/mol. The number of H-pyrrole nitrogens is 1. The number of hydrazine groups is 1. The molecular weight excluding hydrogens is 344 g/mol. The fourth-order valence-electron chi connectivity index (χ4n) is 4.22. The molecule has 4 heteroatoms. The van der Waals surface area contributed by atoms with Gasteiger partial charge in [0.15, 0.2) is 0 Å². The Morgan fingerprint density at radius 3 is 2.82 bits per heavy atom. The maximum Gasteiger partial charge on any atom is 0.0596 e. The molecule has 1 aliphatic carbocycles. The van der Waals surface area contributed by atoms with Crippen molar-refractivity contribution in [1.82, 2.24) is 20.8 Å². The van der Waals surface area contributed by atoms with Crippen molar-refractivity contribution in [3.05, 3.63) is 59.4 Å². The van der Waals surface area contributed by atoms with Gasteiger partial charge in [-0.25, -0.2) is 5.43 Å². The number of aryl methyl sites for hydroxylation is 1. The quantitative estimate of drug-likeness (QED) is 0.407. The van der Waals surface area contributed by atoms with E-state index >= 15 is 0 Å². The van der Waals surface area contributed by atoms with Crippen molar-refractivity contribution in [3.63, 3.8) is 0 Å². The summed E-state index contributed by atoms with van der Waals surface area (Å²) in [5.74, 6) is 0. The molecule has 2 aromatic heterocycles. The lowest BCUT2D eigenvalue weighted by Crippen LogP contribution is -2.35. The molecule has 146 valence electrons. The third kappa shape index (κ3) is 3.33. The summed E-state index contributed by atoms with van der Waals surface area (Å²) in [6, 6.07) is 8.55. The van der Waals surface area contributed by atoms with Gasteiger partial charge in [0.1, 0.15) is 0 Å². The van der Waals surface area contributed by atoms with Crippen LogP contribution in [0.1, 0.15) is 51.1 Å². The number of pyridine rings is 1. The van der Waals surface area contributed by atoms with E-state index in [9.17, 15) is 0 Å². The highest BCUT2D eigenvalue weighted by Gasteiger charge is 2.30. The second-order valence-electron chi connectivity index (χ2n) is 8.71. The molecular formula is C24H30N4. The molecule has 0 radical (unpaired) electrons.